The van der Waals surface area contributed by atoms with Gasteiger partial charge in [-0.1, -0.05) is 30.1 Å². The van der Waals surface area contributed by atoms with Gasteiger partial charge >= 0.3 is 0 Å². The average molecular weight is 316 g/mol. The van der Waals surface area contributed by atoms with E-state index < -0.39 is 0 Å². The molecule has 0 radical (unpaired) electrons. The molecule has 3 nitrogen and oxygen atoms in total. The molecule has 0 spiro atoms. The highest BCUT2D eigenvalue weighted by atomic mass is 35.5. The molecule has 20 heavy (non-hydrogen) atoms. The smallest absolute Gasteiger partial charge is 0.282 e. The predicted molar refractivity (Wildman–Crippen MR) is 83.6 cm³/mol. The van der Waals surface area contributed by atoms with Crippen LogP contribution in [0.1, 0.15) is 26.7 Å². The summed E-state index contributed by atoms with van der Waals surface area (Å²) < 4.78 is 0. The van der Waals surface area contributed by atoms with Crippen molar-refractivity contribution in [2.24, 2.45) is 5.92 Å². The number of hydrogen-bond acceptors (Lipinski definition) is 1. The monoisotopic (exact) mass is 315 g/mol. The predicted octanol–water partition coefficient (Wildman–Crippen LogP) is 2.64. The summed E-state index contributed by atoms with van der Waals surface area (Å²) in [5.41, 5.74) is 0.657. The molecule has 1 heterocycles. The van der Waals surface area contributed by atoms with Crippen LogP contribution in [0.25, 0.3) is 0 Å². The molecule has 1 atom stereocenters. The van der Waals surface area contributed by atoms with Crippen molar-refractivity contribution in [1.29, 1.82) is 0 Å². The number of halogens is 2. The molecule has 0 saturated carbocycles. The van der Waals surface area contributed by atoms with Crippen molar-refractivity contribution in [1.82, 2.24) is 0 Å². The maximum Gasteiger partial charge on any atom is 0.282 e. The topological polar surface area (TPSA) is 33.5 Å². The molecule has 1 saturated heterocycles. The fourth-order valence-electron chi connectivity index (χ4n) is 2.63. The Bertz CT molecular complexity index is 465. The minimum absolute atomic E-state index is 0.0212. The maximum atomic E-state index is 12.3. The summed E-state index contributed by atoms with van der Waals surface area (Å²) >= 11 is 11.9. The Morgan fingerprint density at radius 1 is 1.25 bits per heavy atom. The molecule has 0 aromatic heterocycles. The van der Waals surface area contributed by atoms with Crippen molar-refractivity contribution < 1.29 is 9.69 Å². The van der Waals surface area contributed by atoms with Crippen molar-refractivity contribution in [2.45, 2.75) is 32.7 Å². The van der Waals surface area contributed by atoms with E-state index in [4.69, 9.17) is 23.2 Å². The molecule has 0 aliphatic carbocycles. The molecule has 1 aromatic rings. The number of nitrogens with one attached hydrogen (secondary N) is 2. The van der Waals surface area contributed by atoms with Crippen LogP contribution in [-0.2, 0) is 4.79 Å². The lowest BCUT2D eigenvalue weighted by Gasteiger charge is -2.31. The highest BCUT2D eigenvalue weighted by Gasteiger charge is 2.28. The van der Waals surface area contributed by atoms with Crippen LogP contribution < -0.4 is 10.2 Å². The van der Waals surface area contributed by atoms with Crippen molar-refractivity contribution in [3.8, 4) is 0 Å². The summed E-state index contributed by atoms with van der Waals surface area (Å²) in [6, 6.07) is 5.02. The standard InChI is InChI=1S/C15H20Cl2N2O/c1-10-3-5-19(6-4-10)11(2)15(20)18-14-8-12(16)7-13(17)9-14/h7-11H,3-6H2,1-2H3,(H,18,20)/p+1/t11-/m1/s1. The molecule has 1 aliphatic heterocycles. The minimum Gasteiger partial charge on any atom is -0.325 e. The van der Waals surface area contributed by atoms with Gasteiger partial charge in [0.1, 0.15) is 0 Å². The molecule has 1 aliphatic rings. The molecular weight excluding hydrogens is 295 g/mol. The molecule has 1 aromatic carbocycles. The summed E-state index contributed by atoms with van der Waals surface area (Å²) in [5.74, 6) is 0.800. The van der Waals surface area contributed by atoms with Gasteiger partial charge in [0.15, 0.2) is 6.04 Å². The second-order valence-corrected chi connectivity index (χ2v) is 6.58. The summed E-state index contributed by atoms with van der Waals surface area (Å²) in [5, 5.41) is 3.96. The van der Waals surface area contributed by atoms with Crippen LogP contribution in [0.15, 0.2) is 18.2 Å². The summed E-state index contributed by atoms with van der Waals surface area (Å²) in [7, 11) is 0. The van der Waals surface area contributed by atoms with E-state index in [1.54, 1.807) is 18.2 Å². The molecule has 5 heteroatoms. The molecule has 2 rings (SSSR count). The molecule has 2 N–H and O–H groups in total. The maximum absolute atomic E-state index is 12.3. The zero-order valence-electron chi connectivity index (χ0n) is 11.9. The lowest BCUT2D eigenvalue weighted by Crippen LogP contribution is -3.17. The van der Waals surface area contributed by atoms with Gasteiger partial charge in [-0.25, -0.2) is 0 Å². The molecule has 1 amide bonds. The lowest BCUT2D eigenvalue weighted by molar-refractivity contribution is -0.919. The fraction of sp³-hybridized carbons (Fsp3) is 0.533. The second-order valence-electron chi connectivity index (χ2n) is 5.71. The summed E-state index contributed by atoms with van der Waals surface area (Å²) in [6.45, 7) is 6.38. The Hall–Kier alpha value is -0.770. The van der Waals surface area contributed by atoms with E-state index in [1.807, 2.05) is 6.92 Å². The quantitative estimate of drug-likeness (QED) is 0.883. The van der Waals surface area contributed by atoms with E-state index in [1.165, 1.54) is 17.7 Å². The Labute approximate surface area is 130 Å². The third-order valence-corrected chi connectivity index (χ3v) is 4.49. The van der Waals surface area contributed by atoms with Gasteiger partial charge in [-0.2, -0.15) is 0 Å². The van der Waals surface area contributed by atoms with Crippen molar-refractivity contribution in [3.63, 3.8) is 0 Å². The number of amides is 1. The second kappa shape index (κ2) is 6.79. The van der Waals surface area contributed by atoms with Crippen molar-refractivity contribution in [2.75, 3.05) is 18.4 Å². The zero-order valence-corrected chi connectivity index (χ0v) is 13.4. The third-order valence-electron chi connectivity index (χ3n) is 4.05. The van der Waals surface area contributed by atoms with Gasteiger partial charge in [0.2, 0.25) is 0 Å². The molecule has 110 valence electrons. The van der Waals surface area contributed by atoms with Crippen LogP contribution in [0.3, 0.4) is 0 Å². The van der Waals surface area contributed by atoms with E-state index in [2.05, 4.69) is 12.2 Å². The SMILES string of the molecule is CC1CC[NH+]([C@H](C)C(=O)Nc2cc(Cl)cc(Cl)c2)CC1. The number of quaternary nitrogens is 1. The average Bonchev–Trinajstić information content (AvgIpc) is 2.37. The highest BCUT2D eigenvalue weighted by Crippen LogP contribution is 2.22. The molecule has 0 bridgehead atoms. The Morgan fingerprint density at radius 3 is 2.35 bits per heavy atom. The third kappa shape index (κ3) is 4.11. The molecule has 1 fully saturated rings. The minimum atomic E-state index is -0.0553. The molecule has 0 unspecified atom stereocenters. The van der Waals surface area contributed by atoms with E-state index in [-0.39, 0.29) is 11.9 Å². The van der Waals surface area contributed by atoms with Gasteiger partial charge in [-0.3, -0.25) is 4.79 Å². The van der Waals surface area contributed by atoms with Crippen molar-refractivity contribution in [3.05, 3.63) is 28.2 Å². The fourth-order valence-corrected chi connectivity index (χ4v) is 3.15. The number of hydrogen-bond donors (Lipinski definition) is 2. The van der Waals surface area contributed by atoms with Crippen LogP contribution in [0, 0.1) is 5.92 Å². The van der Waals surface area contributed by atoms with Gasteiger partial charge < -0.3 is 10.2 Å². The Kier molecular flexibility index (Phi) is 5.30. The largest absolute Gasteiger partial charge is 0.325 e. The van der Waals surface area contributed by atoms with Crippen LogP contribution in [0.4, 0.5) is 5.69 Å². The van der Waals surface area contributed by atoms with Gasteiger partial charge in [0, 0.05) is 15.7 Å². The first-order chi connectivity index (χ1) is 9.45. The van der Waals surface area contributed by atoms with Crippen LogP contribution in [0.2, 0.25) is 10.0 Å². The van der Waals surface area contributed by atoms with Crippen LogP contribution in [-0.4, -0.2) is 25.0 Å². The number of benzene rings is 1. The van der Waals surface area contributed by atoms with Crippen LogP contribution in [0.5, 0.6) is 0 Å². The number of carbonyl (C=O) groups is 1. The summed E-state index contributed by atoms with van der Waals surface area (Å²) in [4.78, 5) is 13.7. The first-order valence-electron chi connectivity index (χ1n) is 7.07. The van der Waals surface area contributed by atoms with Crippen molar-refractivity contribution >= 4 is 34.8 Å². The summed E-state index contributed by atoms with van der Waals surface area (Å²) in [6.07, 6.45) is 2.38. The van der Waals surface area contributed by atoms with E-state index in [9.17, 15) is 4.79 Å². The zero-order chi connectivity index (χ0) is 14.7. The number of anilines is 1. The van der Waals surface area contributed by atoms with E-state index >= 15 is 0 Å². The molecular formula is C15H21Cl2N2O+. The van der Waals surface area contributed by atoms with Gasteiger partial charge in [-0.05, 0) is 43.9 Å². The normalized spacial score (nSPS) is 24.2. The highest BCUT2D eigenvalue weighted by molar-refractivity contribution is 6.35. The number of rotatable bonds is 3. The van der Waals surface area contributed by atoms with Gasteiger partial charge in [0.25, 0.3) is 5.91 Å². The Balaban J connectivity index is 1.97. The first kappa shape index (κ1) is 15.6. The van der Waals surface area contributed by atoms with E-state index in [0.29, 0.717) is 15.7 Å². The lowest BCUT2D eigenvalue weighted by atomic mass is 9.98. The number of likely N-dealkylation sites (tertiary alicyclic amines) is 1. The Morgan fingerprint density at radius 2 is 1.80 bits per heavy atom. The number of carbonyl (C=O) groups excluding carboxylic acids is 1. The van der Waals surface area contributed by atoms with Crippen LogP contribution >= 0.6 is 23.2 Å². The number of piperidine rings is 1. The van der Waals surface area contributed by atoms with Gasteiger partial charge in [0.05, 0.1) is 13.1 Å². The van der Waals surface area contributed by atoms with Gasteiger partial charge in [-0.15, -0.1) is 0 Å². The van der Waals surface area contributed by atoms with E-state index in [0.717, 1.165) is 19.0 Å². The first-order valence-corrected chi connectivity index (χ1v) is 7.83.